The zero-order valence-corrected chi connectivity index (χ0v) is 13.8. The zero-order valence-electron chi connectivity index (χ0n) is 13.8. The van der Waals surface area contributed by atoms with Crippen molar-refractivity contribution >= 4 is 11.6 Å². The maximum atomic E-state index is 13.0. The van der Waals surface area contributed by atoms with Crippen molar-refractivity contribution in [2.24, 2.45) is 10.2 Å². The van der Waals surface area contributed by atoms with Crippen LogP contribution in [0.15, 0.2) is 40.6 Å². The molecule has 1 atom stereocenters. The third-order valence-corrected chi connectivity index (χ3v) is 3.83. The second-order valence-corrected chi connectivity index (χ2v) is 5.67. The van der Waals surface area contributed by atoms with Crippen LogP contribution in [0.5, 0.6) is 0 Å². The number of benzene rings is 1. The monoisotopic (exact) mass is 329 g/mol. The van der Waals surface area contributed by atoms with Crippen molar-refractivity contribution in [1.82, 2.24) is 9.97 Å². The van der Waals surface area contributed by atoms with Gasteiger partial charge < -0.3 is 9.64 Å². The van der Waals surface area contributed by atoms with Crippen LogP contribution in [-0.4, -0.2) is 36.3 Å². The fourth-order valence-corrected chi connectivity index (χ4v) is 2.50. The topological polar surface area (TPSA) is 63.0 Å². The van der Waals surface area contributed by atoms with Gasteiger partial charge in [0.1, 0.15) is 17.5 Å². The molecule has 1 saturated heterocycles. The molecular formula is C17H20FN5O. The Hall–Kier alpha value is -2.41. The molecule has 0 amide bonds. The molecule has 1 aliphatic rings. The van der Waals surface area contributed by atoms with E-state index in [-0.39, 0.29) is 11.9 Å². The zero-order chi connectivity index (χ0) is 16.9. The van der Waals surface area contributed by atoms with Gasteiger partial charge in [0.2, 0.25) is 0 Å². The van der Waals surface area contributed by atoms with Gasteiger partial charge in [-0.1, -0.05) is 12.1 Å². The van der Waals surface area contributed by atoms with Gasteiger partial charge in [0.15, 0.2) is 5.82 Å². The summed E-state index contributed by atoms with van der Waals surface area (Å²) in [4.78, 5) is 10.9. The van der Waals surface area contributed by atoms with Gasteiger partial charge in [-0.25, -0.2) is 14.4 Å². The first-order valence-electron chi connectivity index (χ1n) is 7.96. The van der Waals surface area contributed by atoms with Crippen LogP contribution in [0.25, 0.3) is 0 Å². The van der Waals surface area contributed by atoms with Gasteiger partial charge in [0.25, 0.3) is 0 Å². The van der Waals surface area contributed by atoms with Crippen LogP contribution in [0.3, 0.4) is 0 Å². The van der Waals surface area contributed by atoms with Gasteiger partial charge in [-0.2, -0.15) is 5.11 Å². The highest BCUT2D eigenvalue weighted by Crippen LogP contribution is 2.23. The van der Waals surface area contributed by atoms with Crippen molar-refractivity contribution in [2.75, 3.05) is 31.2 Å². The second kappa shape index (κ2) is 7.44. The van der Waals surface area contributed by atoms with Crippen molar-refractivity contribution in [3.05, 3.63) is 47.5 Å². The number of halogens is 1. The lowest BCUT2D eigenvalue weighted by molar-refractivity contribution is 0.122. The van der Waals surface area contributed by atoms with E-state index in [1.807, 2.05) is 19.9 Å². The molecule has 7 heteroatoms. The SMILES string of the molecule is Cc1nc(N=NC(C)c2ccc(F)cc2)cc(N2CCOCC2)n1. The molecule has 0 radical (unpaired) electrons. The van der Waals surface area contributed by atoms with Crippen LogP contribution in [0.4, 0.5) is 16.0 Å². The fraction of sp³-hybridized carbons (Fsp3) is 0.412. The fourth-order valence-electron chi connectivity index (χ4n) is 2.50. The molecular weight excluding hydrogens is 309 g/mol. The smallest absolute Gasteiger partial charge is 0.179 e. The summed E-state index contributed by atoms with van der Waals surface area (Å²) in [6, 6.07) is 7.93. The Balaban J connectivity index is 1.76. The van der Waals surface area contributed by atoms with Crippen LogP contribution in [0.1, 0.15) is 24.4 Å². The molecule has 1 aromatic heterocycles. The molecule has 0 spiro atoms. The highest BCUT2D eigenvalue weighted by Gasteiger charge is 2.14. The summed E-state index contributed by atoms with van der Waals surface area (Å²) < 4.78 is 18.3. The molecule has 3 rings (SSSR count). The van der Waals surface area contributed by atoms with E-state index in [1.54, 1.807) is 12.1 Å². The van der Waals surface area contributed by atoms with Crippen LogP contribution >= 0.6 is 0 Å². The van der Waals surface area contributed by atoms with E-state index < -0.39 is 0 Å². The number of aryl methyl sites for hydroxylation is 1. The first-order valence-corrected chi connectivity index (χ1v) is 7.96. The lowest BCUT2D eigenvalue weighted by Gasteiger charge is -2.27. The number of rotatable bonds is 4. The number of anilines is 1. The number of hydrogen-bond acceptors (Lipinski definition) is 6. The molecule has 24 heavy (non-hydrogen) atoms. The Kier molecular flexibility index (Phi) is 5.10. The molecule has 0 bridgehead atoms. The van der Waals surface area contributed by atoms with E-state index in [0.29, 0.717) is 24.9 Å². The summed E-state index contributed by atoms with van der Waals surface area (Å²) in [5.41, 5.74) is 0.902. The maximum Gasteiger partial charge on any atom is 0.179 e. The molecule has 0 saturated carbocycles. The standard InChI is InChI=1S/C17H20FN5O/c1-12(14-3-5-15(18)6-4-14)21-22-16-11-17(20-13(2)19-16)23-7-9-24-10-8-23/h3-6,11-12H,7-10H2,1-2H3. The summed E-state index contributed by atoms with van der Waals surface area (Å²) in [5.74, 6) is 1.76. The van der Waals surface area contributed by atoms with E-state index in [0.717, 1.165) is 24.5 Å². The molecule has 1 fully saturated rings. The normalized spacial score (nSPS) is 16.5. The minimum absolute atomic E-state index is 0.173. The molecule has 6 nitrogen and oxygen atoms in total. The van der Waals surface area contributed by atoms with E-state index in [2.05, 4.69) is 25.1 Å². The van der Waals surface area contributed by atoms with E-state index >= 15 is 0 Å². The first-order chi connectivity index (χ1) is 11.6. The largest absolute Gasteiger partial charge is 0.378 e. The van der Waals surface area contributed by atoms with Gasteiger partial charge in [-0.05, 0) is 31.5 Å². The Labute approximate surface area is 140 Å². The van der Waals surface area contributed by atoms with Crippen molar-refractivity contribution < 1.29 is 9.13 Å². The number of nitrogens with zero attached hydrogens (tertiary/aromatic N) is 5. The quantitative estimate of drug-likeness (QED) is 0.804. The molecule has 1 unspecified atom stereocenters. The van der Waals surface area contributed by atoms with Gasteiger partial charge in [-0.3, -0.25) is 0 Å². The van der Waals surface area contributed by atoms with Crippen LogP contribution in [0.2, 0.25) is 0 Å². The summed E-state index contributed by atoms with van der Waals surface area (Å²) >= 11 is 0. The predicted molar refractivity (Wildman–Crippen MR) is 89.1 cm³/mol. The number of hydrogen-bond donors (Lipinski definition) is 0. The van der Waals surface area contributed by atoms with Gasteiger partial charge >= 0.3 is 0 Å². The van der Waals surface area contributed by atoms with E-state index in [4.69, 9.17) is 4.74 Å². The third kappa shape index (κ3) is 4.11. The average Bonchev–Trinajstić information content (AvgIpc) is 2.60. The Morgan fingerprint density at radius 3 is 2.58 bits per heavy atom. The molecule has 2 aromatic rings. The second-order valence-electron chi connectivity index (χ2n) is 5.67. The van der Waals surface area contributed by atoms with Gasteiger partial charge in [-0.15, -0.1) is 5.11 Å². The van der Waals surface area contributed by atoms with Crippen molar-refractivity contribution in [2.45, 2.75) is 19.9 Å². The number of morpholine rings is 1. The highest BCUT2D eigenvalue weighted by molar-refractivity contribution is 5.46. The molecule has 0 N–H and O–H groups in total. The van der Waals surface area contributed by atoms with E-state index in [9.17, 15) is 4.39 Å². The molecule has 1 aliphatic heterocycles. The Morgan fingerprint density at radius 1 is 1.17 bits per heavy atom. The predicted octanol–water partition coefficient (Wildman–Crippen LogP) is 3.61. The molecule has 126 valence electrons. The van der Waals surface area contributed by atoms with Crippen LogP contribution in [-0.2, 0) is 4.74 Å². The third-order valence-electron chi connectivity index (χ3n) is 3.83. The number of ether oxygens (including phenoxy) is 1. The van der Waals surface area contributed by atoms with Gasteiger partial charge in [0.05, 0.1) is 19.3 Å². The minimum atomic E-state index is -0.260. The first kappa shape index (κ1) is 16.4. The summed E-state index contributed by atoms with van der Waals surface area (Å²) in [6.45, 7) is 6.75. The highest BCUT2D eigenvalue weighted by atomic mass is 19.1. The number of aromatic nitrogens is 2. The Bertz CT molecular complexity index is 713. The Morgan fingerprint density at radius 2 is 1.88 bits per heavy atom. The molecule has 2 heterocycles. The lowest BCUT2D eigenvalue weighted by Crippen LogP contribution is -2.36. The maximum absolute atomic E-state index is 13.0. The number of azo groups is 1. The van der Waals surface area contributed by atoms with Crippen LogP contribution in [0, 0.1) is 12.7 Å². The average molecular weight is 329 g/mol. The molecule has 0 aliphatic carbocycles. The van der Waals surface area contributed by atoms with E-state index in [1.165, 1.54) is 12.1 Å². The minimum Gasteiger partial charge on any atom is -0.378 e. The van der Waals surface area contributed by atoms with Crippen molar-refractivity contribution in [1.29, 1.82) is 0 Å². The lowest BCUT2D eigenvalue weighted by atomic mass is 10.1. The van der Waals surface area contributed by atoms with Crippen molar-refractivity contribution in [3.8, 4) is 0 Å². The summed E-state index contributed by atoms with van der Waals surface area (Å²) in [5, 5.41) is 8.53. The molecule has 1 aromatic carbocycles. The summed E-state index contributed by atoms with van der Waals surface area (Å²) in [7, 11) is 0. The van der Waals surface area contributed by atoms with Crippen LogP contribution < -0.4 is 4.90 Å². The van der Waals surface area contributed by atoms with Crippen molar-refractivity contribution in [3.63, 3.8) is 0 Å². The van der Waals surface area contributed by atoms with Gasteiger partial charge in [0, 0.05) is 19.2 Å². The summed E-state index contributed by atoms with van der Waals surface area (Å²) in [6.07, 6.45) is 0.